The number of nitrogens with zero attached hydrogens (tertiary/aromatic N) is 2. The van der Waals surface area contributed by atoms with E-state index in [4.69, 9.17) is 11.6 Å². The highest BCUT2D eigenvalue weighted by atomic mass is 35.5. The van der Waals surface area contributed by atoms with Gasteiger partial charge in [0.25, 0.3) is 0 Å². The van der Waals surface area contributed by atoms with Gasteiger partial charge in [0.1, 0.15) is 0 Å². The molecule has 2 heterocycles. The van der Waals surface area contributed by atoms with E-state index in [0.717, 1.165) is 23.4 Å². The fraction of sp³-hybridized carbons (Fsp3) is 0.167. The van der Waals surface area contributed by atoms with Crippen molar-refractivity contribution in [1.82, 2.24) is 4.98 Å². The minimum Gasteiger partial charge on any atom is -0.294 e. The number of rotatable bonds is 2. The van der Waals surface area contributed by atoms with Crippen molar-refractivity contribution in [2.75, 3.05) is 0 Å². The average molecular weight is 309 g/mol. The van der Waals surface area contributed by atoms with Crippen LogP contribution in [-0.4, -0.2) is 17.0 Å². The van der Waals surface area contributed by atoms with Crippen LogP contribution in [0.2, 0.25) is 0 Å². The molecule has 0 radical (unpaired) electrons. The molecule has 108 valence electrons. The van der Waals surface area contributed by atoms with Crippen LogP contribution in [-0.2, 0) is 13.0 Å². The van der Waals surface area contributed by atoms with E-state index in [2.05, 4.69) is 28.2 Å². The second-order valence-corrected chi connectivity index (χ2v) is 5.95. The normalized spacial score (nSPS) is 15.5. The minimum atomic E-state index is 0.0898. The maximum absolute atomic E-state index is 12.3. The summed E-state index contributed by atoms with van der Waals surface area (Å²) in [5.74, 6) is 0.0898. The molecular weight excluding hydrogens is 296 g/mol. The fourth-order valence-electron chi connectivity index (χ4n) is 3.01. The molecule has 0 fully saturated rings. The molecule has 0 atom stereocenters. The van der Waals surface area contributed by atoms with E-state index in [1.165, 1.54) is 11.1 Å². The Morgan fingerprint density at radius 3 is 3.05 bits per heavy atom. The van der Waals surface area contributed by atoms with Gasteiger partial charge in [-0.05, 0) is 22.8 Å². The second-order valence-electron chi connectivity index (χ2n) is 5.54. The number of pyridine rings is 1. The Morgan fingerprint density at radius 2 is 2.14 bits per heavy atom. The molecule has 22 heavy (non-hydrogen) atoms. The first-order chi connectivity index (χ1) is 10.7. The van der Waals surface area contributed by atoms with Crippen LogP contribution < -0.4 is 0 Å². The summed E-state index contributed by atoms with van der Waals surface area (Å²) >= 11 is 6.23. The Kier molecular flexibility index (Phi) is 3.16. The maximum Gasteiger partial charge on any atom is 0.169 e. The van der Waals surface area contributed by atoms with Crippen LogP contribution in [0.15, 0.2) is 41.5 Å². The summed E-state index contributed by atoms with van der Waals surface area (Å²) in [6.45, 7) is 0.733. The standard InChI is InChI=1S/C18H13ClN2O/c19-15-3-4-17(22)18-14(15)5-6-21-16(18)8-11-1-2-12-9-20-10-13(12)7-11/h1-3,5-7,9H,4,8,10H2. The van der Waals surface area contributed by atoms with Gasteiger partial charge in [0.2, 0.25) is 0 Å². The lowest BCUT2D eigenvalue weighted by Gasteiger charge is -2.16. The topological polar surface area (TPSA) is 42.3 Å². The second kappa shape index (κ2) is 5.18. The van der Waals surface area contributed by atoms with E-state index < -0.39 is 0 Å². The van der Waals surface area contributed by atoms with Gasteiger partial charge in [-0.2, -0.15) is 0 Å². The van der Waals surface area contributed by atoms with E-state index in [1.807, 2.05) is 12.3 Å². The van der Waals surface area contributed by atoms with Crippen LogP contribution in [0.25, 0.3) is 5.03 Å². The molecule has 0 bridgehead atoms. The third kappa shape index (κ3) is 2.18. The van der Waals surface area contributed by atoms with Crippen molar-refractivity contribution in [2.24, 2.45) is 4.99 Å². The Bertz CT molecular complexity index is 852. The largest absolute Gasteiger partial charge is 0.294 e. The molecule has 4 rings (SSSR count). The van der Waals surface area contributed by atoms with Gasteiger partial charge in [-0.25, -0.2) is 0 Å². The molecule has 3 nitrogen and oxygen atoms in total. The van der Waals surface area contributed by atoms with Gasteiger partial charge in [-0.3, -0.25) is 14.8 Å². The molecule has 2 aliphatic rings. The number of aliphatic imine (C=N–C) groups is 1. The highest BCUT2D eigenvalue weighted by molar-refractivity contribution is 6.50. The van der Waals surface area contributed by atoms with Gasteiger partial charge in [0.15, 0.2) is 5.78 Å². The molecule has 0 N–H and O–H groups in total. The molecule has 1 aromatic heterocycles. The number of Topliss-reactive ketones (excluding diaryl/α,β-unsaturated/α-hetero) is 1. The summed E-state index contributed by atoms with van der Waals surface area (Å²) in [6, 6.07) is 8.10. The van der Waals surface area contributed by atoms with Crippen molar-refractivity contribution < 1.29 is 4.79 Å². The molecular formula is C18H13ClN2O. The molecule has 4 heteroatoms. The lowest BCUT2D eigenvalue weighted by molar-refractivity contribution is 0.0993. The number of aromatic nitrogens is 1. The Balaban J connectivity index is 1.74. The van der Waals surface area contributed by atoms with Gasteiger partial charge in [0, 0.05) is 41.4 Å². The molecule has 1 aliphatic heterocycles. The van der Waals surface area contributed by atoms with Crippen molar-refractivity contribution in [1.29, 1.82) is 0 Å². The van der Waals surface area contributed by atoms with Crippen LogP contribution in [0.4, 0.5) is 0 Å². The molecule has 0 amide bonds. The average Bonchev–Trinajstić information content (AvgIpc) is 2.99. The molecule has 0 saturated heterocycles. The van der Waals surface area contributed by atoms with Crippen molar-refractivity contribution in [2.45, 2.75) is 19.4 Å². The smallest absolute Gasteiger partial charge is 0.169 e. The van der Waals surface area contributed by atoms with Crippen LogP contribution in [0.3, 0.4) is 0 Å². The monoisotopic (exact) mass is 308 g/mol. The number of benzene rings is 1. The molecule has 0 spiro atoms. The number of ketones is 1. The highest BCUT2D eigenvalue weighted by Gasteiger charge is 2.22. The van der Waals surface area contributed by atoms with Crippen LogP contribution in [0, 0.1) is 0 Å². The van der Waals surface area contributed by atoms with Crippen molar-refractivity contribution >= 4 is 28.6 Å². The quantitative estimate of drug-likeness (QED) is 0.847. The van der Waals surface area contributed by atoms with Gasteiger partial charge in [0.05, 0.1) is 12.2 Å². The first-order valence-electron chi connectivity index (χ1n) is 7.21. The summed E-state index contributed by atoms with van der Waals surface area (Å²) in [5, 5.41) is 0.639. The number of halogens is 1. The highest BCUT2D eigenvalue weighted by Crippen LogP contribution is 2.31. The summed E-state index contributed by atoms with van der Waals surface area (Å²) < 4.78 is 0. The number of carbonyl (C=O) groups is 1. The summed E-state index contributed by atoms with van der Waals surface area (Å²) in [5.41, 5.74) is 5.82. The Labute approximate surface area is 133 Å². The summed E-state index contributed by atoms with van der Waals surface area (Å²) in [7, 11) is 0. The number of hydrogen-bond donors (Lipinski definition) is 0. The predicted molar refractivity (Wildman–Crippen MR) is 87.6 cm³/mol. The lowest BCUT2D eigenvalue weighted by Crippen LogP contribution is -2.12. The molecule has 1 aliphatic carbocycles. The Morgan fingerprint density at radius 1 is 1.23 bits per heavy atom. The van der Waals surface area contributed by atoms with E-state index >= 15 is 0 Å². The predicted octanol–water partition coefficient (Wildman–Crippen LogP) is 3.77. The third-order valence-electron chi connectivity index (χ3n) is 4.10. The van der Waals surface area contributed by atoms with Gasteiger partial charge in [-0.1, -0.05) is 35.9 Å². The van der Waals surface area contributed by atoms with E-state index in [9.17, 15) is 4.79 Å². The third-order valence-corrected chi connectivity index (χ3v) is 4.46. The summed E-state index contributed by atoms with van der Waals surface area (Å²) in [6.07, 6.45) is 6.37. The van der Waals surface area contributed by atoms with Crippen molar-refractivity contribution in [3.63, 3.8) is 0 Å². The molecule has 2 aromatic rings. The minimum absolute atomic E-state index is 0.0898. The van der Waals surface area contributed by atoms with Crippen molar-refractivity contribution in [3.05, 3.63) is 70.0 Å². The Hall–Kier alpha value is -2.26. The van der Waals surface area contributed by atoms with E-state index in [0.29, 0.717) is 23.4 Å². The number of fused-ring (bicyclic) bond motifs is 2. The first kappa shape index (κ1) is 13.4. The maximum atomic E-state index is 12.3. The van der Waals surface area contributed by atoms with Gasteiger partial charge in [-0.15, -0.1) is 0 Å². The zero-order chi connectivity index (χ0) is 15.1. The lowest BCUT2D eigenvalue weighted by atomic mass is 9.92. The molecule has 0 saturated carbocycles. The van der Waals surface area contributed by atoms with Crippen molar-refractivity contribution in [3.8, 4) is 0 Å². The fourth-order valence-corrected chi connectivity index (χ4v) is 3.25. The number of allylic oxidation sites excluding steroid dienone is 1. The van der Waals surface area contributed by atoms with E-state index in [1.54, 1.807) is 12.3 Å². The first-order valence-corrected chi connectivity index (χ1v) is 7.59. The zero-order valence-corrected chi connectivity index (χ0v) is 12.6. The molecule has 1 aromatic carbocycles. The SMILES string of the molecule is O=C1CC=C(Cl)c2ccnc(Cc3ccc4c(c3)CN=C4)c21. The number of hydrogen-bond acceptors (Lipinski definition) is 3. The van der Waals surface area contributed by atoms with E-state index in [-0.39, 0.29) is 5.78 Å². The van der Waals surface area contributed by atoms with Crippen LogP contribution in [0.1, 0.15) is 44.7 Å². The van der Waals surface area contributed by atoms with Crippen LogP contribution >= 0.6 is 11.6 Å². The summed E-state index contributed by atoms with van der Waals surface area (Å²) in [4.78, 5) is 21.0. The molecule has 0 unspecified atom stereocenters. The number of carbonyl (C=O) groups excluding carboxylic acids is 1. The van der Waals surface area contributed by atoms with Gasteiger partial charge < -0.3 is 0 Å². The van der Waals surface area contributed by atoms with Crippen LogP contribution in [0.5, 0.6) is 0 Å². The zero-order valence-electron chi connectivity index (χ0n) is 11.8. The van der Waals surface area contributed by atoms with Gasteiger partial charge >= 0.3 is 0 Å².